The maximum absolute atomic E-state index is 11.1. The topological polar surface area (TPSA) is 26.3 Å². The molecule has 2 heteroatoms. The molecule has 0 heterocycles. The van der Waals surface area contributed by atoms with E-state index in [1.165, 1.54) is 0 Å². The van der Waals surface area contributed by atoms with E-state index >= 15 is 0 Å². The lowest BCUT2D eigenvalue weighted by molar-refractivity contribution is -0.143. The summed E-state index contributed by atoms with van der Waals surface area (Å²) in [6, 6.07) is 0. The molecule has 0 fully saturated rings. The van der Waals surface area contributed by atoms with Gasteiger partial charge in [0.1, 0.15) is 0 Å². The van der Waals surface area contributed by atoms with Gasteiger partial charge in [-0.1, -0.05) is 27.7 Å². The largest absolute Gasteiger partial charge is 0.466 e. The predicted molar refractivity (Wildman–Crippen MR) is 54.5 cm³/mol. The van der Waals surface area contributed by atoms with E-state index in [0.717, 1.165) is 6.42 Å². The molecule has 13 heavy (non-hydrogen) atoms. The first-order valence-corrected chi connectivity index (χ1v) is 5.03. The minimum Gasteiger partial charge on any atom is -0.466 e. The van der Waals surface area contributed by atoms with Crippen LogP contribution in [0.2, 0.25) is 0 Å². The highest BCUT2D eigenvalue weighted by atomic mass is 16.5. The van der Waals surface area contributed by atoms with Crippen LogP contribution in [0.15, 0.2) is 0 Å². The molecule has 0 N–H and O–H groups in total. The molecule has 1 unspecified atom stereocenters. The van der Waals surface area contributed by atoms with Crippen LogP contribution in [0.3, 0.4) is 0 Å². The van der Waals surface area contributed by atoms with Gasteiger partial charge in [0.2, 0.25) is 0 Å². The minimum atomic E-state index is -0.0707. The molecular weight excluding hydrogens is 164 g/mol. The Hall–Kier alpha value is -0.530. The molecule has 0 saturated heterocycles. The Bertz CT molecular complexity index is 156. The van der Waals surface area contributed by atoms with E-state index in [1.54, 1.807) is 0 Å². The quantitative estimate of drug-likeness (QED) is 0.631. The summed E-state index contributed by atoms with van der Waals surface area (Å²) in [5.74, 6) is 0.482. The van der Waals surface area contributed by atoms with Gasteiger partial charge >= 0.3 is 5.97 Å². The van der Waals surface area contributed by atoms with Crippen LogP contribution in [0, 0.1) is 11.3 Å². The SMILES string of the molecule is CCOC(=O)CCC(C)C(C)(C)C. The summed E-state index contributed by atoms with van der Waals surface area (Å²) < 4.78 is 4.87. The summed E-state index contributed by atoms with van der Waals surface area (Å²) in [4.78, 5) is 11.1. The molecule has 0 amide bonds. The fraction of sp³-hybridized carbons (Fsp3) is 0.909. The van der Waals surface area contributed by atoms with Gasteiger partial charge in [-0.3, -0.25) is 4.79 Å². The number of hydrogen-bond acceptors (Lipinski definition) is 2. The van der Waals surface area contributed by atoms with E-state index in [9.17, 15) is 4.79 Å². The lowest BCUT2D eigenvalue weighted by atomic mass is 9.79. The summed E-state index contributed by atoms with van der Waals surface area (Å²) in [5.41, 5.74) is 0.284. The number of carbonyl (C=O) groups is 1. The number of esters is 1. The summed E-state index contributed by atoms with van der Waals surface area (Å²) >= 11 is 0. The van der Waals surface area contributed by atoms with Crippen molar-refractivity contribution in [2.45, 2.75) is 47.5 Å². The van der Waals surface area contributed by atoms with Crippen LogP contribution in [-0.2, 0) is 9.53 Å². The summed E-state index contributed by atoms with van der Waals surface area (Å²) in [5, 5.41) is 0. The highest BCUT2D eigenvalue weighted by Gasteiger charge is 2.20. The Morgan fingerprint density at radius 1 is 1.38 bits per heavy atom. The summed E-state index contributed by atoms with van der Waals surface area (Å²) in [6.07, 6.45) is 1.47. The highest BCUT2D eigenvalue weighted by Crippen LogP contribution is 2.28. The van der Waals surface area contributed by atoms with Crippen molar-refractivity contribution in [3.63, 3.8) is 0 Å². The number of hydrogen-bond donors (Lipinski definition) is 0. The lowest BCUT2D eigenvalue weighted by Crippen LogP contribution is -2.18. The van der Waals surface area contributed by atoms with Crippen molar-refractivity contribution >= 4 is 5.97 Å². The zero-order valence-electron chi connectivity index (χ0n) is 9.52. The molecule has 0 aliphatic heterocycles. The summed E-state index contributed by atoms with van der Waals surface area (Å²) in [6.45, 7) is 11.1. The Balaban J connectivity index is 3.70. The fourth-order valence-electron chi connectivity index (χ4n) is 1.00. The smallest absolute Gasteiger partial charge is 0.305 e. The van der Waals surface area contributed by atoms with Crippen molar-refractivity contribution in [2.75, 3.05) is 6.61 Å². The molecule has 0 rings (SSSR count). The van der Waals surface area contributed by atoms with Crippen molar-refractivity contribution in [3.05, 3.63) is 0 Å². The van der Waals surface area contributed by atoms with Crippen LogP contribution in [0.5, 0.6) is 0 Å². The molecule has 0 aliphatic carbocycles. The molecule has 0 radical (unpaired) electrons. The molecule has 78 valence electrons. The van der Waals surface area contributed by atoms with Gasteiger partial charge in [-0.2, -0.15) is 0 Å². The summed E-state index contributed by atoms with van der Waals surface area (Å²) in [7, 11) is 0. The molecule has 2 nitrogen and oxygen atoms in total. The molecule has 1 atom stereocenters. The third-order valence-electron chi connectivity index (χ3n) is 2.57. The number of carbonyl (C=O) groups excluding carboxylic acids is 1. The third-order valence-corrected chi connectivity index (χ3v) is 2.57. The average molecular weight is 186 g/mol. The molecule has 0 saturated carbocycles. The maximum Gasteiger partial charge on any atom is 0.305 e. The second-order valence-electron chi connectivity index (χ2n) is 4.61. The van der Waals surface area contributed by atoms with E-state index in [0.29, 0.717) is 18.9 Å². The minimum absolute atomic E-state index is 0.0707. The molecule has 0 aliphatic rings. The van der Waals surface area contributed by atoms with Crippen LogP contribution in [0.4, 0.5) is 0 Å². The van der Waals surface area contributed by atoms with E-state index in [2.05, 4.69) is 27.7 Å². The molecule has 0 aromatic rings. The van der Waals surface area contributed by atoms with Gasteiger partial charge in [0.25, 0.3) is 0 Å². The third kappa shape index (κ3) is 5.67. The van der Waals surface area contributed by atoms with Gasteiger partial charge in [-0.25, -0.2) is 0 Å². The van der Waals surface area contributed by atoms with Crippen LogP contribution < -0.4 is 0 Å². The van der Waals surface area contributed by atoms with Gasteiger partial charge in [-0.15, -0.1) is 0 Å². The fourth-order valence-corrected chi connectivity index (χ4v) is 1.00. The Kier molecular flexibility index (Phi) is 5.04. The standard InChI is InChI=1S/C11H22O2/c1-6-13-10(12)8-7-9(2)11(3,4)5/h9H,6-8H2,1-5H3. The molecule has 0 aromatic carbocycles. The molecule has 0 aromatic heterocycles. The first-order valence-electron chi connectivity index (χ1n) is 5.03. The van der Waals surface area contributed by atoms with Crippen molar-refractivity contribution < 1.29 is 9.53 Å². The average Bonchev–Trinajstić information content (AvgIpc) is 1.99. The van der Waals surface area contributed by atoms with E-state index < -0.39 is 0 Å². The van der Waals surface area contributed by atoms with E-state index in [-0.39, 0.29) is 11.4 Å². The van der Waals surface area contributed by atoms with E-state index in [4.69, 9.17) is 4.74 Å². The van der Waals surface area contributed by atoms with Gasteiger partial charge in [0.05, 0.1) is 6.61 Å². The van der Waals surface area contributed by atoms with Gasteiger partial charge in [0.15, 0.2) is 0 Å². The monoisotopic (exact) mass is 186 g/mol. The normalized spacial score (nSPS) is 13.9. The number of rotatable bonds is 4. The Morgan fingerprint density at radius 2 is 1.92 bits per heavy atom. The van der Waals surface area contributed by atoms with E-state index in [1.807, 2.05) is 6.92 Å². The van der Waals surface area contributed by atoms with Crippen molar-refractivity contribution in [1.29, 1.82) is 0 Å². The first-order chi connectivity index (χ1) is 5.88. The van der Waals surface area contributed by atoms with Crippen LogP contribution in [-0.4, -0.2) is 12.6 Å². The zero-order chi connectivity index (χ0) is 10.5. The molecule has 0 bridgehead atoms. The van der Waals surface area contributed by atoms with Crippen molar-refractivity contribution in [2.24, 2.45) is 11.3 Å². The zero-order valence-corrected chi connectivity index (χ0v) is 9.52. The second-order valence-corrected chi connectivity index (χ2v) is 4.61. The van der Waals surface area contributed by atoms with Gasteiger partial charge in [-0.05, 0) is 24.7 Å². The maximum atomic E-state index is 11.1. The highest BCUT2D eigenvalue weighted by molar-refractivity contribution is 5.69. The van der Waals surface area contributed by atoms with Crippen molar-refractivity contribution in [3.8, 4) is 0 Å². The van der Waals surface area contributed by atoms with Gasteiger partial charge < -0.3 is 4.74 Å². The predicted octanol–water partition coefficient (Wildman–Crippen LogP) is 3.01. The molecule has 0 spiro atoms. The Morgan fingerprint density at radius 3 is 2.31 bits per heavy atom. The number of ether oxygens (including phenoxy) is 1. The van der Waals surface area contributed by atoms with Crippen LogP contribution in [0.1, 0.15) is 47.5 Å². The second kappa shape index (κ2) is 5.25. The van der Waals surface area contributed by atoms with Crippen LogP contribution >= 0.6 is 0 Å². The lowest BCUT2D eigenvalue weighted by Gasteiger charge is -2.26. The Labute approximate surface area is 81.7 Å². The first kappa shape index (κ1) is 12.5. The van der Waals surface area contributed by atoms with Crippen molar-refractivity contribution in [1.82, 2.24) is 0 Å². The molecular formula is C11H22O2. The van der Waals surface area contributed by atoms with Gasteiger partial charge in [0, 0.05) is 6.42 Å². The van der Waals surface area contributed by atoms with Crippen LogP contribution in [0.25, 0.3) is 0 Å².